The van der Waals surface area contributed by atoms with E-state index in [2.05, 4.69) is 0 Å². The van der Waals surface area contributed by atoms with Gasteiger partial charge < -0.3 is 14.6 Å². The molecule has 5 nitrogen and oxygen atoms in total. The van der Waals surface area contributed by atoms with E-state index in [0.717, 1.165) is 12.1 Å². The molecule has 0 saturated heterocycles. The van der Waals surface area contributed by atoms with Gasteiger partial charge in [0.05, 0.1) is 6.61 Å². The smallest absolute Gasteiger partial charge is 0.347 e. The summed E-state index contributed by atoms with van der Waals surface area (Å²) in [6.45, 7) is 3.56. The minimum absolute atomic E-state index is 0.0613. The Labute approximate surface area is 109 Å². The Morgan fingerprint density at radius 2 is 2.05 bits per heavy atom. The van der Waals surface area contributed by atoms with Crippen molar-refractivity contribution in [2.75, 3.05) is 6.61 Å². The molecular weight excluding hydrogens is 255 g/mol. The number of carboxylic acids is 1. The molecule has 0 heterocycles. The molecule has 1 rings (SSSR count). The molecular formula is C13H15FO5. The average molecular weight is 270 g/mol. The van der Waals surface area contributed by atoms with Crippen LogP contribution in [-0.2, 0) is 9.53 Å². The Bertz CT molecular complexity index is 472. The predicted octanol–water partition coefficient (Wildman–Crippen LogP) is 2.24. The molecule has 1 aromatic rings. The summed E-state index contributed by atoms with van der Waals surface area (Å²) in [6, 6.07) is 3.09. The summed E-state index contributed by atoms with van der Waals surface area (Å²) >= 11 is 0. The van der Waals surface area contributed by atoms with Gasteiger partial charge in [-0.25, -0.2) is 14.0 Å². The van der Waals surface area contributed by atoms with Crippen LogP contribution < -0.4 is 4.74 Å². The standard InChI is InChI=1S/C13H15FO5/c1-3-10(13(17)18-4-2)19-11-6-5-8(14)7-9(11)12(15)16/h5-7,10H,3-4H2,1-2H3,(H,15,16). The van der Waals surface area contributed by atoms with Crippen molar-refractivity contribution in [2.45, 2.75) is 26.4 Å². The van der Waals surface area contributed by atoms with E-state index in [1.54, 1.807) is 13.8 Å². The highest BCUT2D eigenvalue weighted by Gasteiger charge is 2.22. The lowest BCUT2D eigenvalue weighted by Crippen LogP contribution is -2.29. The van der Waals surface area contributed by atoms with Gasteiger partial charge in [0, 0.05) is 0 Å². The zero-order valence-electron chi connectivity index (χ0n) is 10.7. The van der Waals surface area contributed by atoms with Crippen molar-refractivity contribution < 1.29 is 28.6 Å². The minimum atomic E-state index is -1.33. The zero-order valence-corrected chi connectivity index (χ0v) is 10.7. The number of carboxylic acid groups (broad SMARTS) is 1. The van der Waals surface area contributed by atoms with Crippen LogP contribution in [0, 0.1) is 5.82 Å². The molecule has 0 aliphatic carbocycles. The summed E-state index contributed by atoms with van der Waals surface area (Å²) in [4.78, 5) is 22.5. The molecule has 1 N–H and O–H groups in total. The van der Waals surface area contributed by atoms with Gasteiger partial charge in [0.1, 0.15) is 17.1 Å². The number of aromatic carboxylic acids is 1. The Morgan fingerprint density at radius 3 is 2.58 bits per heavy atom. The lowest BCUT2D eigenvalue weighted by atomic mass is 10.2. The third-order valence-corrected chi connectivity index (χ3v) is 2.36. The van der Waals surface area contributed by atoms with E-state index in [1.165, 1.54) is 6.07 Å². The lowest BCUT2D eigenvalue weighted by Gasteiger charge is -2.17. The summed E-state index contributed by atoms with van der Waals surface area (Å²) in [6.07, 6.45) is -0.599. The number of carbonyl (C=O) groups excluding carboxylic acids is 1. The fraction of sp³-hybridized carbons (Fsp3) is 0.385. The van der Waals surface area contributed by atoms with Crippen molar-refractivity contribution in [2.24, 2.45) is 0 Å². The van der Waals surface area contributed by atoms with E-state index in [1.807, 2.05) is 0 Å². The second-order valence-electron chi connectivity index (χ2n) is 3.71. The Hall–Kier alpha value is -2.11. The van der Waals surface area contributed by atoms with Crippen LogP contribution in [-0.4, -0.2) is 29.8 Å². The molecule has 6 heteroatoms. The molecule has 0 aliphatic heterocycles. The maximum absolute atomic E-state index is 13.0. The molecule has 1 unspecified atom stereocenters. The van der Waals surface area contributed by atoms with Gasteiger partial charge >= 0.3 is 11.9 Å². The summed E-state index contributed by atoms with van der Waals surface area (Å²) in [5.41, 5.74) is -0.331. The molecule has 0 aromatic heterocycles. The van der Waals surface area contributed by atoms with Crippen molar-refractivity contribution in [3.05, 3.63) is 29.6 Å². The third kappa shape index (κ3) is 3.94. The van der Waals surface area contributed by atoms with Gasteiger partial charge in [0.15, 0.2) is 6.10 Å². The van der Waals surface area contributed by atoms with E-state index >= 15 is 0 Å². The molecule has 0 spiro atoms. The highest BCUT2D eigenvalue weighted by Crippen LogP contribution is 2.22. The van der Waals surface area contributed by atoms with Crippen LogP contribution in [0.15, 0.2) is 18.2 Å². The Balaban J connectivity index is 2.97. The Kier molecular flexibility index (Phi) is 5.29. The van der Waals surface area contributed by atoms with Crippen molar-refractivity contribution in [1.29, 1.82) is 0 Å². The fourth-order valence-corrected chi connectivity index (χ4v) is 1.46. The van der Waals surface area contributed by atoms with Gasteiger partial charge in [-0.2, -0.15) is 0 Å². The topological polar surface area (TPSA) is 72.8 Å². The first-order valence-electron chi connectivity index (χ1n) is 5.85. The third-order valence-electron chi connectivity index (χ3n) is 2.36. The lowest BCUT2D eigenvalue weighted by molar-refractivity contribution is -0.151. The normalized spacial score (nSPS) is 11.7. The number of ether oxygens (including phenoxy) is 2. The summed E-state index contributed by atoms with van der Waals surface area (Å²) < 4.78 is 23.1. The molecule has 1 aromatic carbocycles. The second kappa shape index (κ2) is 6.72. The van der Waals surface area contributed by atoms with Crippen molar-refractivity contribution in [3.63, 3.8) is 0 Å². The molecule has 0 saturated carbocycles. The number of carbonyl (C=O) groups is 2. The zero-order chi connectivity index (χ0) is 14.4. The number of esters is 1. The largest absolute Gasteiger partial charge is 0.478 e. The molecule has 0 bridgehead atoms. The van der Waals surface area contributed by atoms with Crippen LogP contribution in [0.4, 0.5) is 4.39 Å². The maximum Gasteiger partial charge on any atom is 0.347 e. The SMILES string of the molecule is CCOC(=O)C(CC)Oc1ccc(F)cc1C(=O)O. The predicted molar refractivity (Wildman–Crippen MR) is 64.7 cm³/mol. The second-order valence-corrected chi connectivity index (χ2v) is 3.71. The van der Waals surface area contributed by atoms with Crippen LogP contribution in [0.5, 0.6) is 5.75 Å². The van der Waals surface area contributed by atoms with Crippen molar-refractivity contribution in [1.82, 2.24) is 0 Å². The monoisotopic (exact) mass is 270 g/mol. The van der Waals surface area contributed by atoms with Crippen LogP contribution >= 0.6 is 0 Å². The van der Waals surface area contributed by atoms with E-state index in [-0.39, 0.29) is 17.9 Å². The van der Waals surface area contributed by atoms with Gasteiger partial charge in [0.2, 0.25) is 0 Å². The molecule has 0 aliphatic rings. The van der Waals surface area contributed by atoms with E-state index < -0.39 is 23.9 Å². The minimum Gasteiger partial charge on any atom is -0.478 e. The highest BCUT2D eigenvalue weighted by molar-refractivity contribution is 5.91. The molecule has 104 valence electrons. The van der Waals surface area contributed by atoms with Gasteiger partial charge in [-0.1, -0.05) is 6.92 Å². The fourth-order valence-electron chi connectivity index (χ4n) is 1.46. The van der Waals surface area contributed by atoms with Gasteiger partial charge in [-0.15, -0.1) is 0 Å². The van der Waals surface area contributed by atoms with Gasteiger partial charge in [-0.3, -0.25) is 0 Å². The van der Waals surface area contributed by atoms with Crippen LogP contribution in [0.25, 0.3) is 0 Å². The number of rotatable bonds is 6. The molecule has 19 heavy (non-hydrogen) atoms. The Morgan fingerprint density at radius 1 is 1.37 bits per heavy atom. The quantitative estimate of drug-likeness (QED) is 0.802. The van der Waals surface area contributed by atoms with Gasteiger partial charge in [0.25, 0.3) is 0 Å². The number of hydrogen-bond donors (Lipinski definition) is 1. The molecule has 0 fully saturated rings. The van der Waals surface area contributed by atoms with Crippen LogP contribution in [0.3, 0.4) is 0 Å². The molecule has 1 atom stereocenters. The number of benzene rings is 1. The first-order valence-corrected chi connectivity index (χ1v) is 5.85. The molecule has 0 radical (unpaired) electrons. The number of halogens is 1. The average Bonchev–Trinajstić information content (AvgIpc) is 2.37. The van der Waals surface area contributed by atoms with Gasteiger partial charge in [-0.05, 0) is 31.5 Å². The first kappa shape index (κ1) is 14.9. The van der Waals surface area contributed by atoms with Crippen LogP contribution in [0.2, 0.25) is 0 Å². The number of hydrogen-bond acceptors (Lipinski definition) is 4. The van der Waals surface area contributed by atoms with E-state index in [0.29, 0.717) is 6.42 Å². The summed E-state index contributed by atoms with van der Waals surface area (Å²) in [5.74, 6) is -2.65. The van der Waals surface area contributed by atoms with E-state index in [9.17, 15) is 14.0 Å². The highest BCUT2D eigenvalue weighted by atomic mass is 19.1. The first-order chi connectivity index (χ1) is 8.99. The van der Waals surface area contributed by atoms with Crippen molar-refractivity contribution >= 4 is 11.9 Å². The van der Waals surface area contributed by atoms with Crippen molar-refractivity contribution in [3.8, 4) is 5.75 Å². The maximum atomic E-state index is 13.0. The van der Waals surface area contributed by atoms with E-state index in [4.69, 9.17) is 14.6 Å². The summed E-state index contributed by atoms with van der Waals surface area (Å²) in [5, 5.41) is 8.95. The molecule has 0 amide bonds. The summed E-state index contributed by atoms with van der Waals surface area (Å²) in [7, 11) is 0. The van der Waals surface area contributed by atoms with Crippen LogP contribution in [0.1, 0.15) is 30.6 Å².